The molecule has 0 atom stereocenters. The lowest BCUT2D eigenvalue weighted by molar-refractivity contribution is 0.811. The van der Waals surface area contributed by atoms with Crippen LogP contribution in [0.3, 0.4) is 0 Å². The summed E-state index contributed by atoms with van der Waals surface area (Å²) in [5.41, 5.74) is 1.44. The number of hydrogen-bond acceptors (Lipinski definition) is 1. The Balaban J connectivity index is 2.47. The molecule has 2 heteroatoms. The molecule has 0 radical (unpaired) electrons. The van der Waals surface area contributed by atoms with Crippen LogP contribution in [0, 0.1) is 0 Å². The fraction of sp³-hybridized carbons (Fsp3) is 0.500. The van der Waals surface area contributed by atoms with E-state index in [1.807, 2.05) is 13.1 Å². The van der Waals surface area contributed by atoms with E-state index in [0.717, 1.165) is 24.4 Å². The molecule has 0 heterocycles. The summed E-state index contributed by atoms with van der Waals surface area (Å²) in [5, 5.41) is 4.08. The van der Waals surface area contributed by atoms with Crippen LogP contribution in [-0.2, 0) is 0 Å². The molecule has 0 unspecified atom stereocenters. The summed E-state index contributed by atoms with van der Waals surface area (Å²) in [6, 6.07) is 0. The molecule has 0 aromatic carbocycles. The van der Waals surface area contributed by atoms with Crippen LogP contribution in [0.25, 0.3) is 0 Å². The molecule has 56 valence electrons. The number of likely N-dealkylation sites (N-methyl/N-ethyl adjacent to an activating group) is 1. The first-order valence-corrected chi connectivity index (χ1v) is 3.89. The van der Waals surface area contributed by atoms with Crippen molar-refractivity contribution in [2.45, 2.75) is 12.8 Å². The molecule has 0 aliphatic heterocycles. The molecule has 0 fully saturated rings. The predicted octanol–water partition coefficient (Wildman–Crippen LogP) is 2.05. The van der Waals surface area contributed by atoms with E-state index in [4.69, 9.17) is 11.6 Å². The lowest BCUT2D eigenvalue weighted by Crippen LogP contribution is -2.11. The second-order valence-corrected chi connectivity index (χ2v) is 2.95. The van der Waals surface area contributed by atoms with E-state index in [9.17, 15) is 0 Å². The Kier molecular flexibility index (Phi) is 2.97. The van der Waals surface area contributed by atoms with Crippen LogP contribution in [0.4, 0.5) is 0 Å². The van der Waals surface area contributed by atoms with Gasteiger partial charge in [-0.2, -0.15) is 0 Å². The zero-order valence-corrected chi connectivity index (χ0v) is 6.91. The quantitative estimate of drug-likeness (QED) is 0.647. The van der Waals surface area contributed by atoms with Gasteiger partial charge in [0, 0.05) is 11.6 Å². The molecule has 1 aliphatic carbocycles. The summed E-state index contributed by atoms with van der Waals surface area (Å²) in [4.78, 5) is 0. The van der Waals surface area contributed by atoms with Gasteiger partial charge in [0.25, 0.3) is 0 Å². The maximum absolute atomic E-state index is 5.78. The normalized spacial score (nSPS) is 18.2. The summed E-state index contributed by atoms with van der Waals surface area (Å²) < 4.78 is 0. The summed E-state index contributed by atoms with van der Waals surface area (Å²) in [5.74, 6) is 0. The molecule has 1 aliphatic rings. The molecular weight excluding hydrogens is 146 g/mol. The van der Waals surface area contributed by atoms with Crippen LogP contribution in [0.1, 0.15) is 12.8 Å². The Bertz CT molecular complexity index is 166. The molecule has 1 nitrogen and oxygen atoms in total. The summed E-state index contributed by atoms with van der Waals surface area (Å²) in [6.45, 7) is 0.987. The van der Waals surface area contributed by atoms with Crippen LogP contribution < -0.4 is 5.32 Å². The average molecular weight is 158 g/mol. The molecule has 0 aromatic heterocycles. The average Bonchev–Trinajstić information content (AvgIpc) is 1.95. The maximum atomic E-state index is 5.78. The number of halogens is 1. The van der Waals surface area contributed by atoms with Crippen LogP contribution in [0.15, 0.2) is 22.8 Å². The van der Waals surface area contributed by atoms with E-state index in [1.165, 1.54) is 5.57 Å². The molecule has 0 amide bonds. The van der Waals surface area contributed by atoms with Crippen molar-refractivity contribution in [3.8, 4) is 0 Å². The maximum Gasteiger partial charge on any atom is 0.0184 e. The van der Waals surface area contributed by atoms with Crippen molar-refractivity contribution < 1.29 is 0 Å². The second kappa shape index (κ2) is 3.79. The summed E-state index contributed by atoms with van der Waals surface area (Å²) in [6.07, 6.45) is 6.20. The first-order chi connectivity index (χ1) is 4.83. The fourth-order valence-electron chi connectivity index (χ4n) is 1.03. The highest BCUT2D eigenvalue weighted by Crippen LogP contribution is 2.19. The fourth-order valence-corrected chi connectivity index (χ4v) is 1.19. The van der Waals surface area contributed by atoms with Crippen molar-refractivity contribution in [2.24, 2.45) is 0 Å². The van der Waals surface area contributed by atoms with Gasteiger partial charge in [0.05, 0.1) is 0 Å². The molecule has 10 heavy (non-hydrogen) atoms. The number of rotatable bonds is 2. The Hall–Kier alpha value is -0.270. The first kappa shape index (κ1) is 7.83. The topological polar surface area (TPSA) is 12.0 Å². The molecule has 0 bridgehead atoms. The summed E-state index contributed by atoms with van der Waals surface area (Å²) in [7, 11) is 1.96. The number of hydrogen-bond donors (Lipinski definition) is 1. The molecular formula is C8H12ClN. The largest absolute Gasteiger partial charge is 0.316 e. The Morgan fingerprint density at radius 3 is 2.80 bits per heavy atom. The standard InChI is InChI=1S/C8H12ClN/c1-10-6-7-2-4-8(9)5-3-7/h2,4,10H,3,5-6H2,1H3. The number of nitrogens with one attached hydrogen (secondary N) is 1. The Morgan fingerprint density at radius 1 is 1.50 bits per heavy atom. The van der Waals surface area contributed by atoms with Crippen molar-refractivity contribution in [2.75, 3.05) is 13.6 Å². The SMILES string of the molecule is CNCC1=CC=C(Cl)CC1. The zero-order chi connectivity index (χ0) is 7.40. The van der Waals surface area contributed by atoms with E-state index in [-0.39, 0.29) is 0 Å². The third-order valence-electron chi connectivity index (χ3n) is 1.59. The van der Waals surface area contributed by atoms with Gasteiger partial charge in [-0.25, -0.2) is 0 Å². The van der Waals surface area contributed by atoms with Crippen molar-refractivity contribution in [1.82, 2.24) is 5.32 Å². The third kappa shape index (κ3) is 2.16. The molecule has 0 saturated carbocycles. The van der Waals surface area contributed by atoms with Crippen LogP contribution in [0.5, 0.6) is 0 Å². The van der Waals surface area contributed by atoms with Crippen molar-refractivity contribution >= 4 is 11.6 Å². The van der Waals surface area contributed by atoms with Gasteiger partial charge in [0.2, 0.25) is 0 Å². The van der Waals surface area contributed by atoms with E-state index in [0.29, 0.717) is 0 Å². The first-order valence-electron chi connectivity index (χ1n) is 3.51. The van der Waals surface area contributed by atoms with Gasteiger partial charge >= 0.3 is 0 Å². The van der Waals surface area contributed by atoms with Gasteiger partial charge in [-0.15, -0.1) is 0 Å². The third-order valence-corrected chi connectivity index (χ3v) is 1.90. The van der Waals surface area contributed by atoms with Crippen molar-refractivity contribution in [1.29, 1.82) is 0 Å². The molecule has 0 spiro atoms. The minimum absolute atomic E-state index is 0.972. The lowest BCUT2D eigenvalue weighted by atomic mass is 10.1. The van der Waals surface area contributed by atoms with Gasteiger partial charge in [0.1, 0.15) is 0 Å². The van der Waals surface area contributed by atoms with Crippen LogP contribution >= 0.6 is 11.6 Å². The molecule has 1 rings (SSSR count). The summed E-state index contributed by atoms with van der Waals surface area (Å²) >= 11 is 5.78. The van der Waals surface area contributed by atoms with Gasteiger partial charge in [-0.1, -0.05) is 23.3 Å². The highest BCUT2D eigenvalue weighted by atomic mass is 35.5. The smallest absolute Gasteiger partial charge is 0.0184 e. The van der Waals surface area contributed by atoms with Gasteiger partial charge < -0.3 is 5.32 Å². The van der Waals surface area contributed by atoms with E-state index < -0.39 is 0 Å². The van der Waals surface area contributed by atoms with Crippen molar-refractivity contribution in [3.05, 3.63) is 22.8 Å². The Labute approximate surface area is 66.8 Å². The predicted molar refractivity (Wildman–Crippen MR) is 45.2 cm³/mol. The highest BCUT2D eigenvalue weighted by molar-refractivity contribution is 6.29. The van der Waals surface area contributed by atoms with Crippen molar-refractivity contribution in [3.63, 3.8) is 0 Å². The zero-order valence-electron chi connectivity index (χ0n) is 6.15. The minimum Gasteiger partial charge on any atom is -0.316 e. The van der Waals surface area contributed by atoms with Gasteiger partial charge in [-0.3, -0.25) is 0 Å². The Morgan fingerprint density at radius 2 is 2.30 bits per heavy atom. The van der Waals surface area contributed by atoms with Gasteiger partial charge in [-0.05, 0) is 26.0 Å². The van der Waals surface area contributed by atoms with E-state index in [1.54, 1.807) is 0 Å². The van der Waals surface area contributed by atoms with Crippen LogP contribution in [-0.4, -0.2) is 13.6 Å². The monoisotopic (exact) mass is 157 g/mol. The molecule has 1 N–H and O–H groups in total. The number of allylic oxidation sites excluding steroid dienone is 3. The van der Waals surface area contributed by atoms with E-state index >= 15 is 0 Å². The van der Waals surface area contributed by atoms with Crippen LogP contribution in [0.2, 0.25) is 0 Å². The minimum atomic E-state index is 0.972. The second-order valence-electron chi connectivity index (χ2n) is 2.47. The van der Waals surface area contributed by atoms with Gasteiger partial charge in [0.15, 0.2) is 0 Å². The lowest BCUT2D eigenvalue weighted by Gasteiger charge is -2.09. The van der Waals surface area contributed by atoms with E-state index in [2.05, 4.69) is 11.4 Å². The molecule has 0 saturated heterocycles. The highest BCUT2D eigenvalue weighted by Gasteiger charge is 2.02. The molecule has 0 aromatic rings.